The zero-order valence-electron chi connectivity index (χ0n) is 11.9. The number of hydrogen-bond acceptors (Lipinski definition) is 4. The summed E-state index contributed by atoms with van der Waals surface area (Å²) in [5.74, 6) is -1.03. The molecule has 0 aromatic carbocycles. The van der Waals surface area contributed by atoms with Gasteiger partial charge in [0.05, 0.1) is 18.8 Å². The second-order valence-corrected chi connectivity index (χ2v) is 5.89. The molecular weight excluding hydrogens is 264 g/mol. The Balaban J connectivity index is 1.86. The topological polar surface area (TPSA) is 88.1 Å². The Hall–Kier alpha value is -1.34. The van der Waals surface area contributed by atoms with Gasteiger partial charge in [-0.25, -0.2) is 9.59 Å². The fourth-order valence-corrected chi connectivity index (χ4v) is 2.60. The van der Waals surface area contributed by atoms with Crippen molar-refractivity contribution in [3.63, 3.8) is 0 Å². The highest BCUT2D eigenvalue weighted by Crippen LogP contribution is 2.24. The Bertz CT molecular complexity index is 385. The fourth-order valence-electron chi connectivity index (χ4n) is 2.60. The minimum atomic E-state index is -1.03. The van der Waals surface area contributed by atoms with E-state index in [-0.39, 0.29) is 30.8 Å². The molecule has 0 aliphatic carbocycles. The van der Waals surface area contributed by atoms with Gasteiger partial charge >= 0.3 is 12.0 Å². The Morgan fingerprint density at radius 3 is 2.75 bits per heavy atom. The van der Waals surface area contributed by atoms with E-state index in [4.69, 9.17) is 14.6 Å². The van der Waals surface area contributed by atoms with Gasteiger partial charge in [-0.05, 0) is 26.7 Å². The summed E-state index contributed by atoms with van der Waals surface area (Å²) in [6, 6.07) is -0.153. The number of carbonyl (C=O) groups is 2. The second kappa shape index (κ2) is 5.97. The third-order valence-electron chi connectivity index (χ3n) is 3.65. The SMILES string of the molecule is CC1(C)CC(NC(=O)N2CCOC(C(=O)O)C2)CCO1. The van der Waals surface area contributed by atoms with E-state index in [0.717, 1.165) is 12.8 Å². The molecule has 2 unspecified atom stereocenters. The summed E-state index contributed by atoms with van der Waals surface area (Å²) in [6.45, 7) is 5.39. The smallest absolute Gasteiger partial charge is 0.334 e. The van der Waals surface area contributed by atoms with Crippen LogP contribution < -0.4 is 5.32 Å². The molecule has 7 nitrogen and oxygen atoms in total. The van der Waals surface area contributed by atoms with Crippen LogP contribution in [0.2, 0.25) is 0 Å². The van der Waals surface area contributed by atoms with Crippen LogP contribution in [0.3, 0.4) is 0 Å². The Morgan fingerprint density at radius 1 is 1.35 bits per heavy atom. The number of nitrogens with zero attached hydrogens (tertiary/aromatic N) is 1. The normalized spacial score (nSPS) is 29.8. The van der Waals surface area contributed by atoms with Crippen LogP contribution in [-0.2, 0) is 14.3 Å². The van der Waals surface area contributed by atoms with Crippen molar-refractivity contribution >= 4 is 12.0 Å². The highest BCUT2D eigenvalue weighted by atomic mass is 16.5. The lowest BCUT2D eigenvalue weighted by molar-refractivity contribution is -0.154. The lowest BCUT2D eigenvalue weighted by Crippen LogP contribution is -2.55. The summed E-state index contributed by atoms with van der Waals surface area (Å²) in [6.07, 6.45) is 0.605. The van der Waals surface area contributed by atoms with E-state index in [9.17, 15) is 9.59 Å². The summed E-state index contributed by atoms with van der Waals surface area (Å²) in [5, 5.41) is 11.9. The number of rotatable bonds is 2. The number of ether oxygens (including phenoxy) is 2. The number of carboxylic acid groups (broad SMARTS) is 1. The quantitative estimate of drug-likeness (QED) is 0.769. The van der Waals surface area contributed by atoms with Crippen molar-refractivity contribution in [3.8, 4) is 0 Å². The van der Waals surface area contributed by atoms with Gasteiger partial charge in [-0.3, -0.25) is 0 Å². The van der Waals surface area contributed by atoms with Crippen molar-refractivity contribution in [1.29, 1.82) is 0 Å². The maximum Gasteiger partial charge on any atom is 0.334 e. The molecule has 2 aliphatic heterocycles. The Kier molecular flexibility index (Phi) is 4.49. The number of nitrogens with one attached hydrogen (secondary N) is 1. The van der Waals surface area contributed by atoms with Crippen LogP contribution in [0.5, 0.6) is 0 Å². The van der Waals surface area contributed by atoms with Gasteiger partial charge in [0.15, 0.2) is 6.10 Å². The Labute approximate surface area is 118 Å². The molecule has 0 spiro atoms. The summed E-state index contributed by atoms with van der Waals surface area (Å²) in [7, 11) is 0. The van der Waals surface area contributed by atoms with Crippen LogP contribution in [0.4, 0.5) is 4.79 Å². The van der Waals surface area contributed by atoms with E-state index >= 15 is 0 Å². The average Bonchev–Trinajstić information content (AvgIpc) is 2.37. The summed E-state index contributed by atoms with van der Waals surface area (Å²) in [5.41, 5.74) is -0.231. The average molecular weight is 286 g/mol. The van der Waals surface area contributed by atoms with Gasteiger partial charge in [0.25, 0.3) is 0 Å². The van der Waals surface area contributed by atoms with Crippen molar-refractivity contribution in [1.82, 2.24) is 10.2 Å². The maximum atomic E-state index is 12.2. The molecule has 2 aliphatic rings. The minimum Gasteiger partial charge on any atom is -0.479 e. The minimum absolute atomic E-state index is 0.0670. The molecule has 2 rings (SSSR count). The van der Waals surface area contributed by atoms with Gasteiger partial charge in [-0.15, -0.1) is 0 Å². The zero-order chi connectivity index (χ0) is 14.8. The molecule has 0 aromatic heterocycles. The monoisotopic (exact) mass is 286 g/mol. The Morgan fingerprint density at radius 2 is 2.10 bits per heavy atom. The highest BCUT2D eigenvalue weighted by molar-refractivity contribution is 5.77. The first-order chi connectivity index (χ1) is 9.37. The van der Waals surface area contributed by atoms with Crippen molar-refractivity contribution in [2.75, 3.05) is 26.3 Å². The fraction of sp³-hybridized carbons (Fsp3) is 0.846. The van der Waals surface area contributed by atoms with Crippen molar-refractivity contribution in [3.05, 3.63) is 0 Å². The van der Waals surface area contributed by atoms with Crippen molar-refractivity contribution in [2.45, 2.75) is 44.4 Å². The van der Waals surface area contributed by atoms with Crippen LogP contribution in [0.1, 0.15) is 26.7 Å². The highest BCUT2D eigenvalue weighted by Gasteiger charge is 2.33. The van der Waals surface area contributed by atoms with E-state index in [1.807, 2.05) is 13.8 Å². The third kappa shape index (κ3) is 3.83. The van der Waals surface area contributed by atoms with Gasteiger partial charge in [-0.2, -0.15) is 0 Å². The van der Waals surface area contributed by atoms with Crippen LogP contribution in [0.25, 0.3) is 0 Å². The number of carbonyl (C=O) groups excluding carboxylic acids is 1. The summed E-state index contributed by atoms with van der Waals surface area (Å²) in [4.78, 5) is 24.6. The molecule has 114 valence electrons. The van der Waals surface area contributed by atoms with Crippen LogP contribution in [0, 0.1) is 0 Å². The first-order valence-corrected chi connectivity index (χ1v) is 6.91. The van der Waals surface area contributed by atoms with E-state index in [1.54, 1.807) is 0 Å². The standard InChI is InChI=1S/C13H22N2O5/c1-13(2)7-9(3-5-20-13)14-12(18)15-4-6-19-10(8-15)11(16)17/h9-10H,3-8H2,1-2H3,(H,14,18)(H,16,17). The number of carboxylic acids is 1. The summed E-state index contributed by atoms with van der Waals surface area (Å²) < 4.78 is 10.7. The molecule has 2 saturated heterocycles. The molecule has 0 bridgehead atoms. The molecule has 2 amide bonds. The first-order valence-electron chi connectivity index (χ1n) is 6.91. The molecule has 0 saturated carbocycles. The van der Waals surface area contributed by atoms with Gasteiger partial charge in [0.2, 0.25) is 0 Å². The van der Waals surface area contributed by atoms with Gasteiger partial charge in [-0.1, -0.05) is 0 Å². The van der Waals surface area contributed by atoms with E-state index in [0.29, 0.717) is 13.2 Å². The molecular formula is C13H22N2O5. The third-order valence-corrected chi connectivity index (χ3v) is 3.65. The predicted octanol–water partition coefficient (Wildman–Crippen LogP) is 0.439. The van der Waals surface area contributed by atoms with Crippen LogP contribution in [-0.4, -0.2) is 66.1 Å². The number of urea groups is 1. The number of amides is 2. The predicted molar refractivity (Wildman–Crippen MR) is 70.5 cm³/mol. The van der Waals surface area contributed by atoms with E-state index in [2.05, 4.69) is 5.32 Å². The van der Waals surface area contributed by atoms with Gasteiger partial charge in [0.1, 0.15) is 0 Å². The number of morpholine rings is 1. The lowest BCUT2D eigenvalue weighted by Gasteiger charge is -2.37. The molecule has 20 heavy (non-hydrogen) atoms. The van der Waals surface area contributed by atoms with Crippen LogP contribution in [0.15, 0.2) is 0 Å². The molecule has 7 heteroatoms. The molecule has 2 fully saturated rings. The number of aliphatic carboxylic acids is 1. The summed E-state index contributed by atoms with van der Waals surface area (Å²) >= 11 is 0. The molecule has 0 aromatic rings. The first kappa shape index (κ1) is 15.1. The molecule has 2 N–H and O–H groups in total. The zero-order valence-corrected chi connectivity index (χ0v) is 11.9. The van der Waals surface area contributed by atoms with E-state index < -0.39 is 12.1 Å². The maximum absolute atomic E-state index is 12.2. The van der Waals surface area contributed by atoms with Crippen molar-refractivity contribution < 1.29 is 24.2 Å². The van der Waals surface area contributed by atoms with Crippen molar-refractivity contribution in [2.24, 2.45) is 0 Å². The second-order valence-electron chi connectivity index (χ2n) is 5.89. The van der Waals surface area contributed by atoms with Crippen LogP contribution >= 0.6 is 0 Å². The number of hydrogen-bond donors (Lipinski definition) is 2. The molecule has 0 radical (unpaired) electrons. The van der Waals surface area contributed by atoms with E-state index in [1.165, 1.54) is 4.90 Å². The lowest BCUT2D eigenvalue weighted by atomic mass is 9.94. The molecule has 2 heterocycles. The van der Waals surface area contributed by atoms with Gasteiger partial charge in [0, 0.05) is 19.2 Å². The molecule has 2 atom stereocenters. The van der Waals surface area contributed by atoms with Gasteiger partial charge < -0.3 is 24.8 Å². The largest absolute Gasteiger partial charge is 0.479 e.